The zero-order valence-electron chi connectivity index (χ0n) is 18.2. The summed E-state index contributed by atoms with van der Waals surface area (Å²) in [5.74, 6) is 6.82. The predicted octanol–water partition coefficient (Wildman–Crippen LogP) is 4.02. The molecule has 2 aliphatic rings. The molecule has 5 nitrogen and oxygen atoms in total. The number of halogens is 4. The summed E-state index contributed by atoms with van der Waals surface area (Å²) in [6.07, 6.45) is 0.845. The maximum atomic E-state index is 12.6. The lowest BCUT2D eigenvalue weighted by Gasteiger charge is -2.21. The van der Waals surface area contributed by atoms with E-state index >= 15 is 0 Å². The van der Waals surface area contributed by atoms with Gasteiger partial charge in [-0.15, -0.1) is 24.0 Å². The number of carbonyl (C=O) groups excluding carboxylic acids is 1. The van der Waals surface area contributed by atoms with Crippen molar-refractivity contribution < 1.29 is 18.0 Å². The van der Waals surface area contributed by atoms with Crippen LogP contribution in [0.4, 0.5) is 13.2 Å². The van der Waals surface area contributed by atoms with E-state index in [1.165, 1.54) is 12.1 Å². The molecule has 32 heavy (non-hydrogen) atoms. The first-order valence-electron chi connectivity index (χ1n) is 10.9. The van der Waals surface area contributed by atoms with Crippen molar-refractivity contribution in [1.29, 1.82) is 0 Å². The van der Waals surface area contributed by atoms with Crippen LogP contribution in [0, 0.1) is 17.8 Å². The summed E-state index contributed by atoms with van der Waals surface area (Å²) < 4.78 is 37.8. The molecule has 0 spiro atoms. The molecule has 9 heteroatoms. The second-order valence-corrected chi connectivity index (χ2v) is 7.97. The Hall–Kier alpha value is -1.96. The number of carbonyl (C=O) groups is 1. The third kappa shape index (κ3) is 7.57. The van der Waals surface area contributed by atoms with Gasteiger partial charge < -0.3 is 15.5 Å². The Bertz CT molecular complexity index is 840. The standard InChI is InChI=1S/C23H29F3N4O.HI/c1-2-27-22(28-14-5-6-17-9-11-19(12-10-17)23(24,25)26)29-20-13-15-30(16-20)21(31)18-7-3-4-8-18;/h9-12,18,20H,2-4,7-8,13-16H2,1H3,(H2,27,28,29);1H. The van der Waals surface area contributed by atoms with Crippen LogP contribution in [0.25, 0.3) is 0 Å². The lowest BCUT2D eigenvalue weighted by atomic mass is 10.1. The molecule has 1 heterocycles. The number of benzene rings is 1. The van der Waals surface area contributed by atoms with Crippen LogP contribution in [-0.4, -0.2) is 49.0 Å². The maximum absolute atomic E-state index is 12.6. The number of aliphatic imine (C=N–C) groups is 1. The van der Waals surface area contributed by atoms with Gasteiger partial charge in [0.25, 0.3) is 0 Å². The first-order valence-corrected chi connectivity index (χ1v) is 10.9. The van der Waals surface area contributed by atoms with E-state index in [0.29, 0.717) is 24.6 Å². The van der Waals surface area contributed by atoms with Gasteiger partial charge in [-0.3, -0.25) is 4.79 Å². The van der Waals surface area contributed by atoms with Crippen LogP contribution in [0.5, 0.6) is 0 Å². The Balaban J connectivity index is 0.00000363. The number of amides is 1. The average Bonchev–Trinajstić information content (AvgIpc) is 3.43. The van der Waals surface area contributed by atoms with Gasteiger partial charge in [0.2, 0.25) is 5.91 Å². The smallest absolute Gasteiger partial charge is 0.357 e. The van der Waals surface area contributed by atoms with Crippen molar-refractivity contribution in [3.8, 4) is 11.8 Å². The Morgan fingerprint density at radius 3 is 2.50 bits per heavy atom. The minimum atomic E-state index is -4.35. The Labute approximate surface area is 204 Å². The predicted molar refractivity (Wildman–Crippen MR) is 130 cm³/mol. The van der Waals surface area contributed by atoms with Crippen molar-refractivity contribution in [3.05, 3.63) is 35.4 Å². The molecule has 1 unspecified atom stereocenters. The maximum Gasteiger partial charge on any atom is 0.416 e. The fourth-order valence-electron chi connectivity index (χ4n) is 4.03. The van der Waals surface area contributed by atoms with E-state index in [1.54, 1.807) is 0 Å². The summed E-state index contributed by atoms with van der Waals surface area (Å²) in [6.45, 7) is 4.32. The van der Waals surface area contributed by atoms with Crippen LogP contribution in [0.15, 0.2) is 29.3 Å². The number of nitrogens with zero attached hydrogens (tertiary/aromatic N) is 2. The van der Waals surface area contributed by atoms with Crippen LogP contribution in [0.3, 0.4) is 0 Å². The molecular weight excluding hydrogens is 532 g/mol. The molecule has 0 bridgehead atoms. The number of hydrogen-bond acceptors (Lipinski definition) is 2. The molecule has 1 saturated carbocycles. The van der Waals surface area contributed by atoms with Gasteiger partial charge >= 0.3 is 6.18 Å². The fourth-order valence-corrected chi connectivity index (χ4v) is 4.03. The third-order valence-corrected chi connectivity index (χ3v) is 5.65. The molecule has 2 fully saturated rings. The van der Waals surface area contributed by atoms with E-state index in [4.69, 9.17) is 0 Å². The van der Waals surface area contributed by atoms with E-state index < -0.39 is 11.7 Å². The molecule has 2 N–H and O–H groups in total. The van der Waals surface area contributed by atoms with E-state index in [2.05, 4.69) is 27.5 Å². The number of hydrogen-bond donors (Lipinski definition) is 2. The van der Waals surface area contributed by atoms with Crippen LogP contribution in [0.2, 0.25) is 0 Å². The normalized spacial score (nSPS) is 19.2. The first-order chi connectivity index (χ1) is 14.9. The van der Waals surface area contributed by atoms with Crippen LogP contribution in [-0.2, 0) is 11.0 Å². The lowest BCUT2D eigenvalue weighted by Crippen LogP contribution is -2.45. The SMILES string of the molecule is CCNC(=NCC#Cc1ccc(C(F)(F)F)cc1)NC1CCN(C(=O)C2CCCC2)C1.I. The van der Waals surface area contributed by atoms with Gasteiger partial charge in [-0.05, 0) is 50.5 Å². The van der Waals surface area contributed by atoms with Crippen LogP contribution < -0.4 is 10.6 Å². The summed E-state index contributed by atoms with van der Waals surface area (Å²) in [7, 11) is 0. The van der Waals surface area contributed by atoms with Gasteiger partial charge in [0.15, 0.2) is 5.96 Å². The number of rotatable bonds is 4. The summed E-state index contributed by atoms with van der Waals surface area (Å²) in [4.78, 5) is 19.0. The topological polar surface area (TPSA) is 56.7 Å². The summed E-state index contributed by atoms with van der Waals surface area (Å²) >= 11 is 0. The molecule has 1 aliphatic carbocycles. The van der Waals surface area contributed by atoms with E-state index in [0.717, 1.165) is 50.8 Å². The van der Waals surface area contributed by atoms with Gasteiger partial charge in [0.05, 0.1) is 5.56 Å². The second-order valence-electron chi connectivity index (χ2n) is 7.97. The minimum Gasteiger partial charge on any atom is -0.357 e. The van der Waals surface area contributed by atoms with E-state index in [9.17, 15) is 18.0 Å². The molecule has 0 aromatic heterocycles. The second kappa shape index (κ2) is 12.3. The highest BCUT2D eigenvalue weighted by atomic mass is 127. The molecule has 0 radical (unpaired) electrons. The molecule has 1 aromatic rings. The van der Waals surface area contributed by atoms with E-state index in [-0.39, 0.29) is 48.4 Å². The average molecular weight is 562 g/mol. The van der Waals surface area contributed by atoms with Crippen molar-refractivity contribution in [2.45, 2.75) is 51.2 Å². The number of likely N-dealkylation sites (tertiary alicyclic amines) is 1. The number of nitrogens with one attached hydrogen (secondary N) is 2. The zero-order chi connectivity index (χ0) is 22.3. The fraction of sp³-hybridized carbons (Fsp3) is 0.565. The van der Waals surface area contributed by atoms with Crippen molar-refractivity contribution in [1.82, 2.24) is 15.5 Å². The Morgan fingerprint density at radius 1 is 1.19 bits per heavy atom. The number of guanidine groups is 1. The van der Waals surface area contributed by atoms with Crippen LogP contribution in [0.1, 0.15) is 50.2 Å². The van der Waals surface area contributed by atoms with E-state index in [1.807, 2.05) is 11.8 Å². The van der Waals surface area contributed by atoms with Gasteiger partial charge in [-0.2, -0.15) is 13.2 Å². The van der Waals surface area contributed by atoms with Gasteiger partial charge in [0.1, 0.15) is 6.54 Å². The molecule has 1 saturated heterocycles. The summed E-state index contributed by atoms with van der Waals surface area (Å²) in [5.41, 5.74) is -0.176. The molecular formula is C23H30F3IN4O. The summed E-state index contributed by atoms with van der Waals surface area (Å²) in [6, 6.07) is 4.91. The number of alkyl halides is 3. The molecule has 1 aromatic carbocycles. The molecule has 1 amide bonds. The zero-order valence-corrected chi connectivity index (χ0v) is 20.5. The van der Waals surface area contributed by atoms with Gasteiger partial charge in [-0.1, -0.05) is 24.7 Å². The largest absolute Gasteiger partial charge is 0.416 e. The molecule has 176 valence electrons. The van der Waals surface area contributed by atoms with Crippen molar-refractivity contribution >= 4 is 35.8 Å². The molecule has 1 aliphatic heterocycles. The Morgan fingerprint density at radius 2 is 1.88 bits per heavy atom. The van der Waals surface area contributed by atoms with Gasteiger partial charge in [0, 0.05) is 37.2 Å². The highest BCUT2D eigenvalue weighted by Crippen LogP contribution is 2.29. The van der Waals surface area contributed by atoms with Crippen molar-refractivity contribution in [2.75, 3.05) is 26.2 Å². The quantitative estimate of drug-likeness (QED) is 0.253. The molecule has 3 rings (SSSR count). The van der Waals surface area contributed by atoms with Crippen LogP contribution >= 0.6 is 24.0 Å². The minimum absolute atomic E-state index is 0. The van der Waals surface area contributed by atoms with Crippen molar-refractivity contribution in [2.24, 2.45) is 10.9 Å². The first kappa shape index (κ1) is 26.3. The monoisotopic (exact) mass is 562 g/mol. The Kier molecular flexibility index (Phi) is 10.1. The lowest BCUT2D eigenvalue weighted by molar-refractivity contribution is -0.137. The third-order valence-electron chi connectivity index (χ3n) is 5.65. The highest BCUT2D eigenvalue weighted by molar-refractivity contribution is 14.0. The highest BCUT2D eigenvalue weighted by Gasteiger charge is 2.32. The van der Waals surface area contributed by atoms with Crippen molar-refractivity contribution in [3.63, 3.8) is 0 Å². The van der Waals surface area contributed by atoms with Gasteiger partial charge in [-0.25, -0.2) is 4.99 Å². The summed E-state index contributed by atoms with van der Waals surface area (Å²) in [5, 5.41) is 6.54. The molecule has 1 atom stereocenters.